The molecule has 0 atom stereocenters. The molecule has 1 amide bonds. The van der Waals surface area contributed by atoms with Crippen molar-refractivity contribution in [3.05, 3.63) is 99.5 Å². The molecule has 4 aromatic rings. The van der Waals surface area contributed by atoms with E-state index < -0.39 is 11.5 Å². The second kappa shape index (κ2) is 9.93. The average molecular weight is 466 g/mol. The van der Waals surface area contributed by atoms with E-state index in [1.54, 1.807) is 54.7 Å². The summed E-state index contributed by atoms with van der Waals surface area (Å²) in [5.74, 6) is 0.233. The van der Waals surface area contributed by atoms with E-state index in [1.807, 2.05) is 32.0 Å². The van der Waals surface area contributed by atoms with Gasteiger partial charge in [0.25, 0.3) is 11.5 Å². The molecule has 8 heteroatoms. The van der Waals surface area contributed by atoms with Crippen LogP contribution in [0.3, 0.4) is 0 Å². The summed E-state index contributed by atoms with van der Waals surface area (Å²) in [6, 6.07) is 19.4. The summed E-state index contributed by atoms with van der Waals surface area (Å²) in [7, 11) is 1.48. The number of ether oxygens (including phenoxy) is 2. The van der Waals surface area contributed by atoms with Crippen molar-refractivity contribution in [3.63, 3.8) is 0 Å². The summed E-state index contributed by atoms with van der Waals surface area (Å²) in [6.07, 6.45) is 2.75. The van der Waals surface area contributed by atoms with Gasteiger partial charge in [-0.25, -0.2) is 0 Å². The first-order valence-electron chi connectivity index (χ1n) is 10.7. The highest BCUT2D eigenvalue weighted by Gasteiger charge is 2.18. The number of carbonyl (C=O) groups excluding carboxylic acids is 1. The Hall–Kier alpha value is -4.90. The molecule has 0 aliphatic carbocycles. The van der Waals surface area contributed by atoms with Gasteiger partial charge in [0.15, 0.2) is 0 Å². The molecule has 174 valence electrons. The van der Waals surface area contributed by atoms with Crippen LogP contribution in [-0.4, -0.2) is 22.4 Å². The number of para-hydroxylation sites is 2. The highest BCUT2D eigenvalue weighted by Crippen LogP contribution is 2.28. The number of amides is 1. The molecule has 4 rings (SSSR count). The van der Waals surface area contributed by atoms with Crippen molar-refractivity contribution in [2.45, 2.75) is 13.8 Å². The van der Waals surface area contributed by atoms with E-state index >= 15 is 0 Å². The molecule has 8 nitrogen and oxygen atoms in total. The Morgan fingerprint density at radius 3 is 2.60 bits per heavy atom. The largest absolute Gasteiger partial charge is 0.495 e. The number of aromatic nitrogens is 2. The number of hydrogen-bond acceptors (Lipinski definition) is 6. The number of methoxy groups -OCH3 is 1. The number of benzene rings is 2. The molecule has 2 heterocycles. The smallest absolute Gasteiger partial charge is 0.269 e. The molecular formula is C27H22N4O4. The number of anilines is 1. The van der Waals surface area contributed by atoms with Crippen molar-refractivity contribution in [2.75, 3.05) is 12.4 Å². The van der Waals surface area contributed by atoms with Crippen molar-refractivity contribution >= 4 is 23.3 Å². The molecule has 0 bridgehead atoms. The van der Waals surface area contributed by atoms with E-state index in [9.17, 15) is 14.9 Å². The van der Waals surface area contributed by atoms with Gasteiger partial charge in [0.1, 0.15) is 34.4 Å². The summed E-state index contributed by atoms with van der Waals surface area (Å²) in [5.41, 5.74) is 1.86. The zero-order valence-corrected chi connectivity index (χ0v) is 19.4. The fourth-order valence-corrected chi connectivity index (χ4v) is 3.53. The van der Waals surface area contributed by atoms with Crippen LogP contribution in [0.5, 0.6) is 17.4 Å². The zero-order chi connectivity index (χ0) is 24.9. The lowest BCUT2D eigenvalue weighted by molar-refractivity contribution is -0.112. The van der Waals surface area contributed by atoms with Crippen LogP contribution in [0.4, 0.5) is 5.69 Å². The van der Waals surface area contributed by atoms with Gasteiger partial charge >= 0.3 is 0 Å². The van der Waals surface area contributed by atoms with Crippen molar-refractivity contribution in [1.82, 2.24) is 9.38 Å². The first kappa shape index (κ1) is 23.3. The normalized spacial score (nSPS) is 11.1. The quantitative estimate of drug-likeness (QED) is 0.327. The van der Waals surface area contributed by atoms with Crippen LogP contribution in [0.1, 0.15) is 16.7 Å². The van der Waals surface area contributed by atoms with Gasteiger partial charge in [-0.3, -0.25) is 14.0 Å². The second-order valence-corrected chi connectivity index (χ2v) is 7.76. The van der Waals surface area contributed by atoms with Crippen LogP contribution in [0.15, 0.2) is 77.2 Å². The maximum absolute atomic E-state index is 13.3. The van der Waals surface area contributed by atoms with Gasteiger partial charge in [-0.05, 0) is 55.8 Å². The SMILES string of the molecule is COc1ccccc1NC(=O)/C(C#N)=C\c1c(Oc2ccc(C)cc2C)nc2ccccn2c1=O. The number of pyridine rings is 1. The van der Waals surface area contributed by atoms with E-state index in [1.165, 1.54) is 17.6 Å². The maximum Gasteiger partial charge on any atom is 0.269 e. The Morgan fingerprint density at radius 2 is 1.86 bits per heavy atom. The monoisotopic (exact) mass is 466 g/mol. The number of nitriles is 1. The number of hydrogen-bond donors (Lipinski definition) is 1. The number of aryl methyl sites for hydroxylation is 2. The topological polar surface area (TPSA) is 106 Å². The molecule has 0 spiro atoms. The lowest BCUT2D eigenvalue weighted by Crippen LogP contribution is -2.20. The van der Waals surface area contributed by atoms with Gasteiger partial charge in [0.2, 0.25) is 5.88 Å². The Labute approximate surface area is 201 Å². The van der Waals surface area contributed by atoms with E-state index in [-0.39, 0.29) is 17.0 Å². The highest BCUT2D eigenvalue weighted by molar-refractivity contribution is 6.10. The summed E-state index contributed by atoms with van der Waals surface area (Å²) in [6.45, 7) is 3.85. The third-order valence-electron chi connectivity index (χ3n) is 5.28. The fourth-order valence-electron chi connectivity index (χ4n) is 3.53. The number of rotatable bonds is 6. The number of fused-ring (bicyclic) bond motifs is 1. The van der Waals surface area contributed by atoms with Crippen molar-refractivity contribution in [3.8, 4) is 23.4 Å². The maximum atomic E-state index is 13.3. The first-order valence-corrected chi connectivity index (χ1v) is 10.7. The third-order valence-corrected chi connectivity index (χ3v) is 5.28. The van der Waals surface area contributed by atoms with Gasteiger partial charge < -0.3 is 14.8 Å². The summed E-state index contributed by atoms with van der Waals surface area (Å²) in [4.78, 5) is 30.8. The number of carbonyl (C=O) groups is 1. The lowest BCUT2D eigenvalue weighted by atomic mass is 10.1. The zero-order valence-electron chi connectivity index (χ0n) is 19.4. The standard InChI is InChI=1S/C27H22N4O4/c1-17-11-12-22(18(2)14-17)35-26-20(27(33)31-13-7-6-10-24(31)30-26)15-19(16-28)25(32)29-21-8-4-5-9-23(21)34-3/h4-15H,1-3H3,(H,29,32)/b19-15-. The predicted molar refractivity (Wildman–Crippen MR) is 133 cm³/mol. The van der Waals surface area contributed by atoms with Gasteiger partial charge in [0.05, 0.1) is 12.8 Å². The van der Waals surface area contributed by atoms with Gasteiger partial charge in [-0.2, -0.15) is 10.2 Å². The molecule has 1 N–H and O–H groups in total. The lowest BCUT2D eigenvalue weighted by Gasteiger charge is -2.12. The van der Waals surface area contributed by atoms with Gasteiger partial charge in [-0.1, -0.05) is 35.9 Å². The van der Waals surface area contributed by atoms with Gasteiger partial charge in [-0.15, -0.1) is 0 Å². The Balaban J connectivity index is 1.82. The Kier molecular flexibility index (Phi) is 6.60. The van der Waals surface area contributed by atoms with E-state index in [0.29, 0.717) is 22.8 Å². The molecule has 35 heavy (non-hydrogen) atoms. The minimum atomic E-state index is -0.702. The number of nitrogens with one attached hydrogen (secondary N) is 1. The molecule has 0 unspecified atom stereocenters. The minimum absolute atomic E-state index is 0.00834. The Bertz CT molecular complexity index is 1560. The average Bonchev–Trinajstić information content (AvgIpc) is 2.86. The van der Waals surface area contributed by atoms with Crippen molar-refractivity contribution < 1.29 is 14.3 Å². The molecule has 2 aromatic heterocycles. The molecule has 0 saturated carbocycles. The van der Waals surface area contributed by atoms with E-state index in [0.717, 1.165) is 11.1 Å². The van der Waals surface area contributed by atoms with Crippen LogP contribution >= 0.6 is 0 Å². The minimum Gasteiger partial charge on any atom is -0.495 e. The van der Waals surface area contributed by atoms with Crippen LogP contribution in [0.25, 0.3) is 11.7 Å². The molecule has 0 saturated heterocycles. The van der Waals surface area contributed by atoms with Gasteiger partial charge in [0, 0.05) is 6.20 Å². The summed E-state index contributed by atoms with van der Waals surface area (Å²) in [5, 5.41) is 12.4. The first-order chi connectivity index (χ1) is 16.9. The highest BCUT2D eigenvalue weighted by atomic mass is 16.5. The van der Waals surface area contributed by atoms with Crippen LogP contribution < -0.4 is 20.3 Å². The second-order valence-electron chi connectivity index (χ2n) is 7.76. The molecule has 0 radical (unpaired) electrons. The van der Waals surface area contributed by atoms with Crippen molar-refractivity contribution in [2.24, 2.45) is 0 Å². The van der Waals surface area contributed by atoms with Crippen LogP contribution in [0.2, 0.25) is 0 Å². The Morgan fingerprint density at radius 1 is 1.09 bits per heavy atom. The van der Waals surface area contributed by atoms with Crippen molar-refractivity contribution in [1.29, 1.82) is 5.26 Å². The van der Waals surface area contributed by atoms with Crippen LogP contribution in [-0.2, 0) is 4.79 Å². The van der Waals surface area contributed by atoms with Crippen LogP contribution in [0, 0.1) is 25.2 Å². The third kappa shape index (κ3) is 4.89. The number of nitrogens with zero attached hydrogens (tertiary/aromatic N) is 3. The molecule has 0 fully saturated rings. The summed E-state index contributed by atoms with van der Waals surface area (Å²) < 4.78 is 12.6. The molecular weight excluding hydrogens is 444 g/mol. The molecule has 0 aliphatic rings. The van der Waals surface area contributed by atoms with E-state index in [2.05, 4.69) is 10.3 Å². The molecule has 2 aromatic carbocycles. The van der Waals surface area contributed by atoms with E-state index in [4.69, 9.17) is 9.47 Å². The predicted octanol–water partition coefficient (Wildman–Crippen LogP) is 4.66. The molecule has 0 aliphatic heterocycles. The summed E-state index contributed by atoms with van der Waals surface area (Å²) >= 11 is 0. The fraction of sp³-hybridized carbons (Fsp3) is 0.111.